The van der Waals surface area contributed by atoms with Crippen LogP contribution in [-0.4, -0.2) is 23.6 Å². The van der Waals surface area contributed by atoms with Crippen molar-refractivity contribution in [3.63, 3.8) is 0 Å². The normalized spacial score (nSPS) is 14.5. The van der Waals surface area contributed by atoms with E-state index in [-0.39, 0.29) is 18.1 Å². The minimum atomic E-state index is -1.14. The second-order valence-corrected chi connectivity index (χ2v) is 5.62. The largest absolute Gasteiger partial charge is 0.482 e. The van der Waals surface area contributed by atoms with Gasteiger partial charge in [-0.15, -0.1) is 0 Å². The van der Waals surface area contributed by atoms with Crippen LogP contribution in [0.1, 0.15) is 17.2 Å². The summed E-state index contributed by atoms with van der Waals surface area (Å²) in [6.07, 6.45) is 0. The maximum absolute atomic E-state index is 12.6. The fourth-order valence-electron chi connectivity index (χ4n) is 2.92. The molecular formula is C19H17NO4. The van der Waals surface area contributed by atoms with Crippen LogP contribution < -0.4 is 9.64 Å². The molecule has 0 aromatic heterocycles. The number of hydrogen-bond acceptors (Lipinski definition) is 3. The van der Waals surface area contributed by atoms with Crippen molar-refractivity contribution in [1.82, 2.24) is 0 Å². The molecule has 1 aliphatic rings. The molecule has 2 aromatic rings. The van der Waals surface area contributed by atoms with Gasteiger partial charge in [0.2, 0.25) is 0 Å². The van der Waals surface area contributed by atoms with Crippen LogP contribution in [0.3, 0.4) is 0 Å². The topological polar surface area (TPSA) is 66.8 Å². The van der Waals surface area contributed by atoms with Crippen LogP contribution in [-0.2, 0) is 9.59 Å². The van der Waals surface area contributed by atoms with Crippen molar-refractivity contribution < 1.29 is 19.4 Å². The number of carboxylic acid groups (broad SMARTS) is 1. The number of benzene rings is 2. The molecule has 0 fully saturated rings. The van der Waals surface area contributed by atoms with E-state index >= 15 is 0 Å². The molecular weight excluding hydrogens is 306 g/mol. The third-order valence-electron chi connectivity index (χ3n) is 4.04. The summed E-state index contributed by atoms with van der Waals surface area (Å²) in [6, 6.07) is 13.7. The van der Waals surface area contributed by atoms with E-state index in [2.05, 4.69) is 6.58 Å². The summed E-state index contributed by atoms with van der Waals surface area (Å²) in [7, 11) is 0. The summed E-state index contributed by atoms with van der Waals surface area (Å²) in [6.45, 7) is 5.44. The van der Waals surface area contributed by atoms with Crippen molar-refractivity contribution in [3.8, 4) is 5.75 Å². The number of ether oxygens (including phenoxy) is 1. The number of hydrogen-bond donors (Lipinski definition) is 1. The molecule has 2 aromatic carbocycles. The average molecular weight is 323 g/mol. The smallest absolute Gasteiger partial charge is 0.333 e. The number of carbonyl (C=O) groups excluding carboxylic acids is 1. The molecule has 5 heteroatoms. The molecule has 1 atom stereocenters. The first-order valence-electron chi connectivity index (χ1n) is 7.52. The Morgan fingerprint density at radius 3 is 2.58 bits per heavy atom. The van der Waals surface area contributed by atoms with Gasteiger partial charge in [-0.2, -0.15) is 0 Å². The van der Waals surface area contributed by atoms with Crippen molar-refractivity contribution in [2.45, 2.75) is 13.0 Å². The number of fused-ring (bicyclic) bond motifs is 1. The van der Waals surface area contributed by atoms with Gasteiger partial charge in [0.05, 0.1) is 17.3 Å². The molecule has 0 aliphatic carbocycles. The van der Waals surface area contributed by atoms with Gasteiger partial charge in [0.1, 0.15) is 5.75 Å². The number of aliphatic carboxylic acids is 1. The Morgan fingerprint density at radius 2 is 1.92 bits per heavy atom. The molecule has 1 unspecified atom stereocenters. The predicted octanol–water partition coefficient (Wildman–Crippen LogP) is 3.10. The van der Waals surface area contributed by atoms with Gasteiger partial charge in [-0.3, -0.25) is 9.69 Å². The number of aryl methyl sites for hydroxylation is 1. The number of para-hydroxylation sites is 1. The quantitative estimate of drug-likeness (QED) is 0.878. The predicted molar refractivity (Wildman–Crippen MR) is 90.1 cm³/mol. The molecule has 0 bridgehead atoms. The molecule has 122 valence electrons. The van der Waals surface area contributed by atoms with Gasteiger partial charge < -0.3 is 9.84 Å². The van der Waals surface area contributed by atoms with Gasteiger partial charge in [-0.05, 0) is 24.1 Å². The second-order valence-electron chi connectivity index (χ2n) is 5.62. The van der Waals surface area contributed by atoms with Crippen molar-refractivity contribution >= 4 is 17.6 Å². The molecule has 1 heterocycles. The minimum absolute atomic E-state index is 0.0642. The van der Waals surface area contributed by atoms with Crippen molar-refractivity contribution in [1.29, 1.82) is 0 Å². The van der Waals surface area contributed by atoms with E-state index in [0.29, 0.717) is 17.0 Å². The molecule has 0 spiro atoms. The zero-order valence-corrected chi connectivity index (χ0v) is 13.2. The lowest BCUT2D eigenvalue weighted by atomic mass is 9.95. The maximum Gasteiger partial charge on any atom is 0.333 e. The second kappa shape index (κ2) is 6.20. The SMILES string of the molecule is C=C(C(=O)O)C(c1ccccc1)N1C(=O)COc2cccc(C)c21. The van der Waals surface area contributed by atoms with Crippen LogP contribution >= 0.6 is 0 Å². The number of rotatable bonds is 4. The molecule has 5 nitrogen and oxygen atoms in total. The lowest BCUT2D eigenvalue weighted by Crippen LogP contribution is -2.43. The van der Waals surface area contributed by atoms with Gasteiger partial charge in [0.15, 0.2) is 6.61 Å². The number of nitrogens with zero attached hydrogens (tertiary/aromatic N) is 1. The van der Waals surface area contributed by atoms with Gasteiger partial charge in [0, 0.05) is 0 Å². The van der Waals surface area contributed by atoms with E-state index in [1.54, 1.807) is 30.3 Å². The monoisotopic (exact) mass is 323 g/mol. The Kier molecular flexibility index (Phi) is 4.08. The number of carboxylic acids is 1. The van der Waals surface area contributed by atoms with E-state index in [1.807, 2.05) is 25.1 Å². The Bertz CT molecular complexity index is 813. The molecule has 1 aliphatic heterocycles. The van der Waals surface area contributed by atoms with Gasteiger partial charge in [-0.1, -0.05) is 49.0 Å². The van der Waals surface area contributed by atoms with Gasteiger partial charge in [-0.25, -0.2) is 4.79 Å². The standard InChI is InChI=1S/C19H17NO4/c1-12-7-6-10-15-17(12)20(16(21)11-24-15)18(13(2)19(22)23)14-8-4-3-5-9-14/h3-10,18H,2,11H2,1H3,(H,22,23). The lowest BCUT2D eigenvalue weighted by molar-refractivity contribution is -0.133. The van der Waals surface area contributed by atoms with Crippen LogP contribution in [0, 0.1) is 6.92 Å². The molecule has 1 N–H and O–H groups in total. The molecule has 1 amide bonds. The zero-order valence-electron chi connectivity index (χ0n) is 13.2. The Morgan fingerprint density at radius 1 is 1.21 bits per heavy atom. The maximum atomic E-state index is 12.6. The van der Waals surface area contributed by atoms with Crippen LogP contribution in [0.4, 0.5) is 5.69 Å². The Balaban J connectivity index is 2.20. The van der Waals surface area contributed by atoms with Crippen molar-refractivity contribution in [3.05, 3.63) is 71.8 Å². The Labute approximate surface area is 139 Å². The third kappa shape index (κ3) is 2.65. The van der Waals surface area contributed by atoms with Gasteiger partial charge >= 0.3 is 5.97 Å². The molecule has 24 heavy (non-hydrogen) atoms. The molecule has 0 saturated carbocycles. The first-order valence-corrected chi connectivity index (χ1v) is 7.52. The highest BCUT2D eigenvalue weighted by atomic mass is 16.5. The first kappa shape index (κ1) is 15.8. The highest BCUT2D eigenvalue weighted by Gasteiger charge is 2.36. The fraction of sp³-hybridized carbons (Fsp3) is 0.158. The summed E-state index contributed by atoms with van der Waals surface area (Å²) < 4.78 is 5.50. The van der Waals surface area contributed by atoms with Crippen molar-refractivity contribution in [2.24, 2.45) is 0 Å². The number of anilines is 1. The summed E-state index contributed by atoms with van der Waals surface area (Å²) in [5.74, 6) is -0.875. The number of amides is 1. The van der Waals surface area contributed by atoms with Crippen LogP contribution in [0.5, 0.6) is 5.75 Å². The molecule has 0 saturated heterocycles. The van der Waals surface area contributed by atoms with E-state index in [4.69, 9.17) is 4.74 Å². The number of carbonyl (C=O) groups is 2. The van der Waals surface area contributed by atoms with E-state index in [9.17, 15) is 14.7 Å². The van der Waals surface area contributed by atoms with E-state index < -0.39 is 12.0 Å². The summed E-state index contributed by atoms with van der Waals surface area (Å²) in [4.78, 5) is 25.7. The highest BCUT2D eigenvalue weighted by molar-refractivity contribution is 6.02. The molecule has 0 radical (unpaired) electrons. The summed E-state index contributed by atoms with van der Waals surface area (Å²) in [5, 5.41) is 9.48. The van der Waals surface area contributed by atoms with Crippen LogP contribution in [0.25, 0.3) is 0 Å². The minimum Gasteiger partial charge on any atom is -0.482 e. The fourth-order valence-corrected chi connectivity index (χ4v) is 2.92. The van der Waals surface area contributed by atoms with Crippen LogP contribution in [0.2, 0.25) is 0 Å². The third-order valence-corrected chi connectivity index (χ3v) is 4.04. The lowest BCUT2D eigenvalue weighted by Gasteiger charge is -2.37. The summed E-state index contributed by atoms with van der Waals surface area (Å²) >= 11 is 0. The van der Waals surface area contributed by atoms with Crippen LogP contribution in [0.15, 0.2) is 60.7 Å². The highest BCUT2D eigenvalue weighted by Crippen LogP contribution is 2.42. The summed E-state index contributed by atoms with van der Waals surface area (Å²) in [5.41, 5.74) is 2.05. The Hall–Kier alpha value is -3.08. The zero-order chi connectivity index (χ0) is 17.3. The van der Waals surface area contributed by atoms with E-state index in [1.165, 1.54) is 4.90 Å². The van der Waals surface area contributed by atoms with E-state index in [0.717, 1.165) is 5.56 Å². The average Bonchev–Trinajstić information content (AvgIpc) is 2.58. The first-order chi connectivity index (χ1) is 11.5. The van der Waals surface area contributed by atoms with Crippen molar-refractivity contribution in [2.75, 3.05) is 11.5 Å². The molecule has 3 rings (SSSR count). The van der Waals surface area contributed by atoms with Gasteiger partial charge in [0.25, 0.3) is 5.91 Å².